The van der Waals surface area contributed by atoms with Crippen LogP contribution in [0.5, 0.6) is 0 Å². The molecular weight excluding hydrogens is 282 g/mol. The molecular formula is C16H11N3OS. The first-order valence-electron chi connectivity index (χ1n) is 6.35. The summed E-state index contributed by atoms with van der Waals surface area (Å²) in [7, 11) is 0. The predicted molar refractivity (Wildman–Crippen MR) is 80.5 cm³/mol. The third-order valence-electron chi connectivity index (χ3n) is 2.84. The van der Waals surface area contributed by atoms with E-state index in [-0.39, 0.29) is 0 Å². The van der Waals surface area contributed by atoms with E-state index in [1.165, 1.54) is 11.8 Å². The molecule has 0 aliphatic carbocycles. The van der Waals surface area contributed by atoms with Crippen molar-refractivity contribution in [1.29, 1.82) is 5.26 Å². The SMILES string of the molecule is N#Cc1nc(-c2ccccc2)oc1SCc1ccncc1. The second-order valence-corrected chi connectivity index (χ2v) is 5.23. The van der Waals surface area contributed by atoms with Crippen molar-refractivity contribution < 1.29 is 4.42 Å². The maximum Gasteiger partial charge on any atom is 0.228 e. The Morgan fingerprint density at radius 1 is 1.10 bits per heavy atom. The fourth-order valence-electron chi connectivity index (χ4n) is 1.81. The van der Waals surface area contributed by atoms with E-state index in [4.69, 9.17) is 4.42 Å². The molecule has 0 unspecified atom stereocenters. The molecule has 2 heterocycles. The lowest BCUT2D eigenvalue weighted by atomic mass is 10.2. The molecule has 0 radical (unpaired) electrons. The number of rotatable bonds is 4. The van der Waals surface area contributed by atoms with Crippen molar-refractivity contribution in [2.24, 2.45) is 0 Å². The number of pyridine rings is 1. The number of nitriles is 1. The van der Waals surface area contributed by atoms with Crippen molar-refractivity contribution >= 4 is 11.8 Å². The summed E-state index contributed by atoms with van der Waals surface area (Å²) in [5, 5.41) is 9.73. The molecule has 0 spiro atoms. The van der Waals surface area contributed by atoms with Crippen LogP contribution in [0.4, 0.5) is 0 Å². The van der Waals surface area contributed by atoms with E-state index in [1.807, 2.05) is 42.5 Å². The molecule has 0 atom stereocenters. The third kappa shape index (κ3) is 3.12. The number of hydrogen-bond acceptors (Lipinski definition) is 5. The van der Waals surface area contributed by atoms with Gasteiger partial charge in [-0.15, -0.1) is 0 Å². The minimum atomic E-state index is 0.327. The van der Waals surface area contributed by atoms with Gasteiger partial charge in [0.15, 0.2) is 10.8 Å². The molecule has 5 heteroatoms. The maximum atomic E-state index is 9.18. The first-order chi connectivity index (χ1) is 10.4. The van der Waals surface area contributed by atoms with E-state index in [1.54, 1.807) is 12.4 Å². The van der Waals surface area contributed by atoms with Gasteiger partial charge in [-0.3, -0.25) is 4.98 Å². The van der Waals surface area contributed by atoms with E-state index in [0.717, 1.165) is 11.1 Å². The van der Waals surface area contributed by atoms with Crippen LogP contribution in [0, 0.1) is 11.3 Å². The quantitative estimate of drug-likeness (QED) is 0.683. The minimum Gasteiger partial charge on any atom is -0.428 e. The molecule has 3 rings (SSSR count). The van der Waals surface area contributed by atoms with E-state index in [2.05, 4.69) is 16.0 Å². The van der Waals surface area contributed by atoms with E-state index >= 15 is 0 Å². The summed E-state index contributed by atoms with van der Waals surface area (Å²) in [6, 6.07) is 15.5. The molecule has 0 saturated heterocycles. The fourth-order valence-corrected chi connectivity index (χ4v) is 2.66. The number of hydrogen-bond donors (Lipinski definition) is 0. The number of nitrogens with zero attached hydrogens (tertiary/aromatic N) is 3. The first kappa shape index (κ1) is 13.4. The van der Waals surface area contributed by atoms with Crippen LogP contribution in [0.15, 0.2) is 64.4 Å². The third-order valence-corrected chi connectivity index (χ3v) is 3.86. The zero-order valence-corrected chi connectivity index (χ0v) is 11.9. The van der Waals surface area contributed by atoms with Crippen LogP contribution in [-0.2, 0) is 5.75 Å². The smallest absolute Gasteiger partial charge is 0.228 e. The Morgan fingerprint density at radius 2 is 1.86 bits per heavy atom. The number of thioether (sulfide) groups is 1. The monoisotopic (exact) mass is 293 g/mol. The van der Waals surface area contributed by atoms with Crippen molar-refractivity contribution in [2.75, 3.05) is 0 Å². The van der Waals surface area contributed by atoms with E-state index in [9.17, 15) is 5.26 Å². The standard InChI is InChI=1S/C16H11N3OS/c17-10-14-16(21-11-12-6-8-18-9-7-12)20-15(19-14)13-4-2-1-3-5-13/h1-9H,11H2. The molecule has 0 N–H and O–H groups in total. The summed E-state index contributed by atoms with van der Waals surface area (Å²) in [5.74, 6) is 1.19. The Hall–Kier alpha value is -2.58. The number of oxazole rings is 1. The lowest BCUT2D eigenvalue weighted by Gasteiger charge is -1.98. The van der Waals surface area contributed by atoms with Gasteiger partial charge in [-0.05, 0) is 29.8 Å². The van der Waals surface area contributed by atoms with Crippen LogP contribution in [0.2, 0.25) is 0 Å². The molecule has 1 aromatic carbocycles. The highest BCUT2D eigenvalue weighted by Gasteiger charge is 2.14. The first-order valence-corrected chi connectivity index (χ1v) is 7.33. The normalized spacial score (nSPS) is 10.2. The molecule has 21 heavy (non-hydrogen) atoms. The Kier molecular flexibility index (Phi) is 3.99. The summed E-state index contributed by atoms with van der Waals surface area (Å²) in [6.45, 7) is 0. The topological polar surface area (TPSA) is 62.7 Å². The van der Waals surface area contributed by atoms with Crippen LogP contribution in [0.1, 0.15) is 11.3 Å². The summed E-state index contributed by atoms with van der Waals surface area (Å²) in [4.78, 5) is 8.23. The van der Waals surface area contributed by atoms with E-state index < -0.39 is 0 Å². The van der Waals surface area contributed by atoms with E-state index in [0.29, 0.717) is 22.4 Å². The highest BCUT2D eigenvalue weighted by Crippen LogP contribution is 2.30. The Balaban J connectivity index is 1.82. The lowest BCUT2D eigenvalue weighted by molar-refractivity contribution is 0.483. The summed E-state index contributed by atoms with van der Waals surface area (Å²) in [6.07, 6.45) is 3.49. The molecule has 3 aromatic rings. The molecule has 0 aliphatic rings. The van der Waals surface area contributed by atoms with Crippen molar-refractivity contribution in [3.63, 3.8) is 0 Å². The van der Waals surface area contributed by atoms with Crippen LogP contribution in [0.25, 0.3) is 11.5 Å². The summed E-state index contributed by atoms with van der Waals surface area (Å²) in [5.41, 5.74) is 2.31. The van der Waals surface area contributed by atoms with Gasteiger partial charge < -0.3 is 4.42 Å². The zero-order chi connectivity index (χ0) is 14.5. The fraction of sp³-hybridized carbons (Fsp3) is 0.0625. The minimum absolute atomic E-state index is 0.327. The molecule has 0 saturated carbocycles. The molecule has 4 nitrogen and oxygen atoms in total. The van der Waals surface area contributed by atoms with Crippen molar-refractivity contribution in [2.45, 2.75) is 10.8 Å². The predicted octanol–water partition coefficient (Wildman–Crippen LogP) is 3.90. The van der Waals surface area contributed by atoms with Crippen molar-refractivity contribution in [3.8, 4) is 17.5 Å². The molecule has 102 valence electrons. The average Bonchev–Trinajstić information content (AvgIpc) is 2.98. The van der Waals surface area contributed by atoms with Gasteiger partial charge in [-0.2, -0.15) is 10.2 Å². The van der Waals surface area contributed by atoms with Crippen molar-refractivity contribution in [1.82, 2.24) is 9.97 Å². The Morgan fingerprint density at radius 3 is 2.57 bits per heavy atom. The van der Waals surface area contributed by atoms with Gasteiger partial charge in [0.1, 0.15) is 6.07 Å². The van der Waals surface area contributed by atoms with Crippen LogP contribution in [-0.4, -0.2) is 9.97 Å². The van der Waals surface area contributed by atoms with Crippen molar-refractivity contribution in [3.05, 3.63) is 66.1 Å². The average molecular weight is 293 g/mol. The zero-order valence-electron chi connectivity index (χ0n) is 11.1. The Bertz CT molecular complexity index is 763. The van der Waals surface area contributed by atoms with Crippen LogP contribution >= 0.6 is 11.8 Å². The second-order valence-electron chi connectivity index (χ2n) is 4.28. The lowest BCUT2D eigenvalue weighted by Crippen LogP contribution is -1.82. The van der Waals surface area contributed by atoms with Gasteiger partial charge in [-0.1, -0.05) is 30.0 Å². The molecule has 0 bridgehead atoms. The number of aromatic nitrogens is 2. The van der Waals surface area contributed by atoms with Crippen LogP contribution in [0.3, 0.4) is 0 Å². The van der Waals surface area contributed by atoms with Crippen LogP contribution < -0.4 is 0 Å². The highest BCUT2D eigenvalue weighted by molar-refractivity contribution is 7.98. The number of benzene rings is 1. The molecule has 0 aliphatic heterocycles. The summed E-state index contributed by atoms with van der Waals surface area (Å²) >= 11 is 1.46. The van der Waals surface area contributed by atoms with Gasteiger partial charge >= 0.3 is 0 Å². The Labute approximate surface area is 126 Å². The van der Waals surface area contributed by atoms with Gasteiger partial charge in [0.25, 0.3) is 0 Å². The second kappa shape index (κ2) is 6.25. The summed E-state index contributed by atoms with van der Waals surface area (Å²) < 4.78 is 5.73. The largest absolute Gasteiger partial charge is 0.428 e. The van der Waals surface area contributed by atoms with Gasteiger partial charge in [0, 0.05) is 23.7 Å². The highest BCUT2D eigenvalue weighted by atomic mass is 32.2. The molecule has 2 aromatic heterocycles. The molecule has 0 fully saturated rings. The van der Waals surface area contributed by atoms with Gasteiger partial charge in [-0.25, -0.2) is 0 Å². The molecule has 0 amide bonds. The van der Waals surface area contributed by atoms with Gasteiger partial charge in [0.05, 0.1) is 0 Å². The van der Waals surface area contributed by atoms with Gasteiger partial charge in [0.2, 0.25) is 5.89 Å². The maximum absolute atomic E-state index is 9.18.